The van der Waals surface area contributed by atoms with Crippen molar-refractivity contribution in [1.29, 1.82) is 0 Å². The molecule has 0 radical (unpaired) electrons. The molecule has 5 nitrogen and oxygen atoms in total. The first kappa shape index (κ1) is 14.9. The summed E-state index contributed by atoms with van der Waals surface area (Å²) in [6.45, 7) is 0. The van der Waals surface area contributed by atoms with Crippen LogP contribution in [0, 0.1) is 5.92 Å². The van der Waals surface area contributed by atoms with E-state index in [0.29, 0.717) is 12.2 Å². The third-order valence-electron chi connectivity index (χ3n) is 4.43. The van der Waals surface area contributed by atoms with Gasteiger partial charge in [0.05, 0.1) is 12.1 Å². The summed E-state index contributed by atoms with van der Waals surface area (Å²) in [5, 5.41) is 4.61. The van der Waals surface area contributed by atoms with E-state index in [-0.39, 0.29) is 11.7 Å². The van der Waals surface area contributed by atoms with Gasteiger partial charge in [0.25, 0.3) is 0 Å². The zero-order valence-electron chi connectivity index (χ0n) is 13.9. The first-order chi connectivity index (χ1) is 11.6. The van der Waals surface area contributed by atoms with Crippen LogP contribution in [0.15, 0.2) is 42.5 Å². The SMILES string of the molecule is CN(C)c1ccccc1-c1cccc2nc(CC(=O)C3CC3)nn12. The summed E-state index contributed by atoms with van der Waals surface area (Å²) in [5.41, 5.74) is 3.98. The number of nitrogens with zero attached hydrogens (tertiary/aromatic N) is 4. The highest BCUT2D eigenvalue weighted by molar-refractivity contribution is 5.84. The minimum absolute atomic E-state index is 0.241. The fourth-order valence-corrected chi connectivity index (χ4v) is 3.01. The Labute approximate surface area is 140 Å². The first-order valence-electron chi connectivity index (χ1n) is 8.27. The van der Waals surface area contributed by atoms with Crippen molar-refractivity contribution in [3.05, 3.63) is 48.3 Å². The largest absolute Gasteiger partial charge is 0.377 e. The number of ketones is 1. The van der Waals surface area contributed by atoms with Crippen molar-refractivity contribution in [2.75, 3.05) is 19.0 Å². The number of carbonyl (C=O) groups excluding carboxylic acids is 1. The minimum Gasteiger partial charge on any atom is -0.377 e. The van der Waals surface area contributed by atoms with Gasteiger partial charge in [0.2, 0.25) is 0 Å². The number of pyridine rings is 1. The number of benzene rings is 1. The van der Waals surface area contributed by atoms with E-state index >= 15 is 0 Å². The van der Waals surface area contributed by atoms with Crippen LogP contribution in [-0.2, 0) is 11.2 Å². The molecule has 1 aliphatic rings. The van der Waals surface area contributed by atoms with Crippen molar-refractivity contribution >= 4 is 17.1 Å². The second-order valence-corrected chi connectivity index (χ2v) is 6.54. The first-order valence-corrected chi connectivity index (χ1v) is 8.27. The molecule has 5 heteroatoms. The molecule has 1 aromatic carbocycles. The molecule has 0 N–H and O–H groups in total. The normalized spacial score (nSPS) is 14.1. The predicted molar refractivity (Wildman–Crippen MR) is 94.2 cm³/mol. The number of hydrogen-bond acceptors (Lipinski definition) is 4. The minimum atomic E-state index is 0.241. The van der Waals surface area contributed by atoms with E-state index in [4.69, 9.17) is 0 Å². The van der Waals surface area contributed by atoms with Gasteiger partial charge in [-0.05, 0) is 31.0 Å². The average Bonchev–Trinajstić information content (AvgIpc) is 3.35. The maximum Gasteiger partial charge on any atom is 0.159 e. The predicted octanol–water partition coefficient (Wildman–Crippen LogP) is 2.98. The summed E-state index contributed by atoms with van der Waals surface area (Å²) >= 11 is 0. The topological polar surface area (TPSA) is 50.5 Å². The van der Waals surface area contributed by atoms with Gasteiger partial charge in [-0.2, -0.15) is 5.10 Å². The van der Waals surface area contributed by atoms with Crippen molar-refractivity contribution in [2.45, 2.75) is 19.3 Å². The molecule has 3 aromatic rings. The Hall–Kier alpha value is -2.69. The van der Waals surface area contributed by atoms with Gasteiger partial charge in [0.15, 0.2) is 11.5 Å². The molecule has 4 rings (SSSR count). The van der Waals surface area contributed by atoms with Gasteiger partial charge in [-0.1, -0.05) is 24.3 Å². The molecule has 1 saturated carbocycles. The molecular weight excluding hydrogens is 300 g/mol. The number of carbonyl (C=O) groups is 1. The van der Waals surface area contributed by atoms with Gasteiger partial charge in [-0.25, -0.2) is 9.50 Å². The highest BCUT2D eigenvalue weighted by Crippen LogP contribution is 2.31. The molecule has 24 heavy (non-hydrogen) atoms. The lowest BCUT2D eigenvalue weighted by atomic mass is 10.1. The van der Waals surface area contributed by atoms with Crippen LogP contribution < -0.4 is 4.90 Å². The fraction of sp³-hybridized carbons (Fsp3) is 0.316. The van der Waals surface area contributed by atoms with Gasteiger partial charge in [-0.3, -0.25) is 4.79 Å². The summed E-state index contributed by atoms with van der Waals surface area (Å²) in [6, 6.07) is 14.2. The van der Waals surface area contributed by atoms with E-state index in [1.165, 1.54) is 0 Å². The Morgan fingerprint density at radius 1 is 1.17 bits per heavy atom. The summed E-state index contributed by atoms with van der Waals surface area (Å²) in [5.74, 6) is 1.12. The van der Waals surface area contributed by atoms with E-state index < -0.39 is 0 Å². The molecule has 0 unspecified atom stereocenters. The average molecular weight is 320 g/mol. The van der Waals surface area contributed by atoms with E-state index in [1.54, 1.807) is 0 Å². The number of rotatable bonds is 5. The maximum absolute atomic E-state index is 12.1. The Kier molecular flexibility index (Phi) is 3.56. The van der Waals surface area contributed by atoms with E-state index in [9.17, 15) is 4.79 Å². The molecule has 0 atom stereocenters. The third kappa shape index (κ3) is 2.66. The van der Waals surface area contributed by atoms with Crippen LogP contribution >= 0.6 is 0 Å². The molecular formula is C19H20N4O. The molecule has 1 aliphatic carbocycles. The summed E-state index contributed by atoms with van der Waals surface area (Å²) < 4.78 is 1.85. The molecule has 1 fully saturated rings. The van der Waals surface area contributed by atoms with Gasteiger partial charge < -0.3 is 4.90 Å². The fourth-order valence-electron chi connectivity index (χ4n) is 3.01. The van der Waals surface area contributed by atoms with Crippen molar-refractivity contribution in [1.82, 2.24) is 14.6 Å². The van der Waals surface area contributed by atoms with Gasteiger partial charge >= 0.3 is 0 Å². The van der Waals surface area contributed by atoms with Gasteiger partial charge in [0.1, 0.15) is 5.78 Å². The maximum atomic E-state index is 12.1. The van der Waals surface area contributed by atoms with Gasteiger partial charge in [-0.15, -0.1) is 0 Å². The monoisotopic (exact) mass is 320 g/mol. The lowest BCUT2D eigenvalue weighted by molar-refractivity contribution is -0.119. The van der Waals surface area contributed by atoms with Crippen LogP contribution in [0.5, 0.6) is 0 Å². The van der Waals surface area contributed by atoms with E-state index in [1.807, 2.05) is 48.9 Å². The summed E-state index contributed by atoms with van der Waals surface area (Å²) in [6.07, 6.45) is 2.38. The van der Waals surface area contributed by atoms with Crippen LogP contribution in [0.25, 0.3) is 16.9 Å². The van der Waals surface area contributed by atoms with Crippen LogP contribution in [-0.4, -0.2) is 34.5 Å². The Balaban J connectivity index is 1.79. The van der Waals surface area contributed by atoms with Crippen molar-refractivity contribution in [3.63, 3.8) is 0 Å². The summed E-state index contributed by atoms with van der Waals surface area (Å²) in [7, 11) is 4.06. The van der Waals surface area contributed by atoms with Crippen molar-refractivity contribution in [2.24, 2.45) is 5.92 Å². The van der Waals surface area contributed by atoms with Crippen LogP contribution in [0.1, 0.15) is 18.7 Å². The number of aromatic nitrogens is 3. The van der Waals surface area contributed by atoms with Crippen molar-refractivity contribution in [3.8, 4) is 11.3 Å². The zero-order chi connectivity index (χ0) is 16.7. The second kappa shape index (κ2) is 5.74. The van der Waals surface area contributed by atoms with E-state index in [0.717, 1.165) is 35.4 Å². The zero-order valence-corrected chi connectivity index (χ0v) is 13.9. The van der Waals surface area contributed by atoms with Crippen molar-refractivity contribution < 1.29 is 4.79 Å². The molecule has 0 spiro atoms. The molecule has 2 aromatic heterocycles. The highest BCUT2D eigenvalue weighted by atomic mass is 16.1. The molecule has 2 heterocycles. The number of hydrogen-bond donors (Lipinski definition) is 0. The molecule has 0 amide bonds. The number of para-hydroxylation sites is 1. The lowest BCUT2D eigenvalue weighted by Gasteiger charge is -2.17. The van der Waals surface area contributed by atoms with Crippen LogP contribution in [0.4, 0.5) is 5.69 Å². The van der Waals surface area contributed by atoms with E-state index in [2.05, 4.69) is 27.1 Å². The lowest BCUT2D eigenvalue weighted by Crippen LogP contribution is -2.10. The quantitative estimate of drug-likeness (QED) is 0.725. The standard InChI is InChI=1S/C19H20N4O/c1-22(2)15-7-4-3-6-14(15)16-8-5-9-19-20-18(21-23(16)19)12-17(24)13-10-11-13/h3-9,13H,10-12H2,1-2H3. The molecule has 122 valence electrons. The Morgan fingerprint density at radius 2 is 1.96 bits per heavy atom. The summed E-state index contributed by atoms with van der Waals surface area (Å²) in [4.78, 5) is 18.7. The number of anilines is 1. The highest BCUT2D eigenvalue weighted by Gasteiger charge is 2.30. The smallest absolute Gasteiger partial charge is 0.159 e. The Morgan fingerprint density at radius 3 is 2.71 bits per heavy atom. The second-order valence-electron chi connectivity index (χ2n) is 6.54. The molecule has 0 saturated heterocycles. The number of Topliss-reactive ketones (excluding diaryl/α,β-unsaturated/α-hetero) is 1. The number of fused-ring (bicyclic) bond motifs is 1. The Bertz CT molecular complexity index is 909. The third-order valence-corrected chi connectivity index (χ3v) is 4.43. The molecule has 0 aliphatic heterocycles. The van der Waals surface area contributed by atoms with Crippen LogP contribution in [0.3, 0.4) is 0 Å². The van der Waals surface area contributed by atoms with Crippen LogP contribution in [0.2, 0.25) is 0 Å². The molecule has 0 bridgehead atoms. The van der Waals surface area contributed by atoms with Gasteiger partial charge in [0, 0.05) is 31.3 Å².